The lowest BCUT2D eigenvalue weighted by atomic mass is 9.86. The third-order valence-electron chi connectivity index (χ3n) is 4.31. The fraction of sp³-hybridized carbons (Fsp3) is 0.588. The van der Waals surface area contributed by atoms with Crippen LogP contribution in [-0.4, -0.2) is 38.1 Å². The molecule has 2 unspecified atom stereocenters. The summed E-state index contributed by atoms with van der Waals surface area (Å²) in [5.74, 6) is 0.241. The summed E-state index contributed by atoms with van der Waals surface area (Å²) in [6.45, 7) is 6.87. The van der Waals surface area contributed by atoms with Crippen LogP contribution in [0, 0.1) is 5.92 Å². The Bertz CT molecular complexity index is 610. The third kappa shape index (κ3) is 4.80. The zero-order chi connectivity index (χ0) is 17.9. The van der Waals surface area contributed by atoms with Gasteiger partial charge in [-0.25, -0.2) is 13.7 Å². The number of hydrogen-bond acceptors (Lipinski definition) is 2. The van der Waals surface area contributed by atoms with Crippen LogP contribution in [-0.2, 0) is 11.0 Å². The predicted molar refractivity (Wildman–Crippen MR) is 100 cm³/mol. The number of carbonyl (C=O) groups is 1. The van der Waals surface area contributed by atoms with Crippen LogP contribution >= 0.6 is 15.9 Å². The van der Waals surface area contributed by atoms with Gasteiger partial charge in [0, 0.05) is 23.6 Å². The number of nitrogens with one attached hydrogen (secondary N) is 1. The number of carboxylic acid groups (broad SMARTS) is 1. The van der Waals surface area contributed by atoms with Crippen LogP contribution in [0.4, 0.5) is 4.79 Å². The molecule has 24 heavy (non-hydrogen) atoms. The van der Waals surface area contributed by atoms with Crippen molar-refractivity contribution in [2.24, 2.45) is 5.92 Å². The van der Waals surface area contributed by atoms with Gasteiger partial charge in [-0.05, 0) is 51.2 Å². The average molecular weight is 417 g/mol. The first kappa shape index (κ1) is 19.4. The topological polar surface area (TPSA) is 69.6 Å². The van der Waals surface area contributed by atoms with Crippen molar-refractivity contribution < 1.29 is 14.1 Å². The largest absolute Gasteiger partial charge is 0.465 e. The molecule has 0 aromatic heterocycles. The zero-order valence-electron chi connectivity index (χ0n) is 14.3. The molecule has 2 atom stereocenters. The van der Waals surface area contributed by atoms with Crippen LogP contribution in [0.2, 0.25) is 0 Å². The highest BCUT2D eigenvalue weighted by molar-refractivity contribution is 9.10. The number of nitrogens with zero attached hydrogens (tertiary/aromatic N) is 1. The van der Waals surface area contributed by atoms with E-state index in [0.717, 1.165) is 22.9 Å². The Balaban J connectivity index is 2.22. The normalized spacial score (nSPS) is 19.1. The molecule has 0 saturated carbocycles. The van der Waals surface area contributed by atoms with Gasteiger partial charge in [0.15, 0.2) is 0 Å². The van der Waals surface area contributed by atoms with Crippen molar-refractivity contribution in [1.82, 2.24) is 9.62 Å². The summed E-state index contributed by atoms with van der Waals surface area (Å²) < 4.78 is 16.6. The van der Waals surface area contributed by atoms with Crippen LogP contribution in [0.25, 0.3) is 0 Å². The highest BCUT2D eigenvalue weighted by atomic mass is 79.9. The number of piperidine rings is 1. The lowest BCUT2D eigenvalue weighted by Gasteiger charge is -2.36. The zero-order valence-corrected chi connectivity index (χ0v) is 16.7. The van der Waals surface area contributed by atoms with Gasteiger partial charge in [-0.15, -0.1) is 0 Å². The van der Waals surface area contributed by atoms with E-state index in [1.165, 1.54) is 4.90 Å². The second-order valence-corrected chi connectivity index (χ2v) is 9.96. The first-order chi connectivity index (χ1) is 11.2. The lowest BCUT2D eigenvalue weighted by Crippen LogP contribution is -2.44. The highest BCUT2D eigenvalue weighted by Gasteiger charge is 2.33. The first-order valence-electron chi connectivity index (χ1n) is 8.10. The number of rotatable bonds is 4. The maximum absolute atomic E-state index is 12.7. The Labute approximate surface area is 154 Å². The molecule has 0 aliphatic carbocycles. The minimum absolute atomic E-state index is 0.0726. The van der Waals surface area contributed by atoms with Crippen LogP contribution in [0.1, 0.15) is 45.2 Å². The molecule has 1 aromatic rings. The SMILES string of the molecule is CC(C)(C)S(=O)NC(c1ccccc1Br)C1CCN(C(=O)O)CC1. The quantitative estimate of drug-likeness (QED) is 0.780. The minimum atomic E-state index is -1.20. The fourth-order valence-electron chi connectivity index (χ4n) is 2.86. The first-order valence-corrected chi connectivity index (χ1v) is 10.0. The second-order valence-electron chi connectivity index (χ2n) is 7.11. The number of likely N-dealkylation sites (tertiary alicyclic amines) is 1. The Kier molecular flexibility index (Phi) is 6.45. The number of halogens is 1. The predicted octanol–water partition coefficient (Wildman–Crippen LogP) is 3.93. The van der Waals surface area contributed by atoms with E-state index in [2.05, 4.69) is 20.7 Å². The minimum Gasteiger partial charge on any atom is -0.465 e. The van der Waals surface area contributed by atoms with E-state index in [1.807, 2.05) is 45.0 Å². The van der Waals surface area contributed by atoms with Crippen LogP contribution in [0.15, 0.2) is 28.7 Å². The van der Waals surface area contributed by atoms with E-state index in [-0.39, 0.29) is 16.7 Å². The van der Waals surface area contributed by atoms with Crippen LogP contribution < -0.4 is 4.72 Å². The van der Waals surface area contributed by atoms with Gasteiger partial charge in [0.1, 0.15) is 0 Å². The number of benzene rings is 1. The van der Waals surface area contributed by atoms with E-state index >= 15 is 0 Å². The molecule has 1 saturated heterocycles. The molecule has 0 radical (unpaired) electrons. The molecule has 1 fully saturated rings. The Hall–Kier alpha value is -0.920. The van der Waals surface area contributed by atoms with Crippen molar-refractivity contribution >= 4 is 33.0 Å². The smallest absolute Gasteiger partial charge is 0.407 e. The molecular formula is C17H25BrN2O3S. The fourth-order valence-corrected chi connectivity index (χ4v) is 4.29. The monoisotopic (exact) mass is 416 g/mol. The summed E-state index contributed by atoms with van der Waals surface area (Å²) in [6, 6.07) is 7.87. The van der Waals surface area contributed by atoms with Gasteiger partial charge in [0.25, 0.3) is 0 Å². The van der Waals surface area contributed by atoms with E-state index in [4.69, 9.17) is 5.11 Å². The molecule has 1 amide bonds. The molecule has 2 N–H and O–H groups in total. The molecule has 1 aliphatic rings. The average Bonchev–Trinajstić information content (AvgIpc) is 2.52. The van der Waals surface area contributed by atoms with Crippen molar-refractivity contribution in [3.8, 4) is 0 Å². The van der Waals surface area contributed by atoms with Crippen molar-refractivity contribution in [2.75, 3.05) is 13.1 Å². The third-order valence-corrected chi connectivity index (χ3v) is 6.61. The molecule has 0 bridgehead atoms. The maximum atomic E-state index is 12.7. The molecule has 134 valence electrons. The molecule has 1 aromatic carbocycles. The summed E-state index contributed by atoms with van der Waals surface area (Å²) in [7, 11) is -1.20. The summed E-state index contributed by atoms with van der Waals surface area (Å²) in [5, 5.41) is 9.13. The van der Waals surface area contributed by atoms with Gasteiger partial charge in [-0.3, -0.25) is 0 Å². The Morgan fingerprint density at radius 2 is 1.92 bits per heavy atom. The maximum Gasteiger partial charge on any atom is 0.407 e. The summed E-state index contributed by atoms with van der Waals surface area (Å²) in [6.07, 6.45) is 0.649. The van der Waals surface area contributed by atoms with Gasteiger partial charge in [0.2, 0.25) is 0 Å². The second kappa shape index (κ2) is 7.97. The van der Waals surface area contributed by atoms with Crippen molar-refractivity contribution in [1.29, 1.82) is 0 Å². The standard InChI is InChI=1S/C17H25BrN2O3S/c1-17(2,3)24(23)19-15(13-6-4-5-7-14(13)18)12-8-10-20(11-9-12)16(21)22/h4-7,12,15,19H,8-11H2,1-3H3,(H,21,22). The van der Waals surface area contributed by atoms with Gasteiger partial charge in [0.05, 0.1) is 15.7 Å². The van der Waals surface area contributed by atoms with Crippen LogP contribution in [0.5, 0.6) is 0 Å². The molecule has 1 heterocycles. The van der Waals surface area contributed by atoms with Crippen molar-refractivity contribution in [3.63, 3.8) is 0 Å². The van der Waals surface area contributed by atoms with Crippen LogP contribution in [0.3, 0.4) is 0 Å². The molecule has 1 aliphatic heterocycles. The van der Waals surface area contributed by atoms with E-state index in [1.54, 1.807) is 0 Å². The van der Waals surface area contributed by atoms with Gasteiger partial charge in [-0.2, -0.15) is 0 Å². The van der Waals surface area contributed by atoms with Gasteiger partial charge >= 0.3 is 6.09 Å². The molecule has 5 nitrogen and oxygen atoms in total. The number of amides is 1. The summed E-state index contributed by atoms with van der Waals surface area (Å²) in [4.78, 5) is 12.6. The van der Waals surface area contributed by atoms with E-state index in [0.29, 0.717) is 13.1 Å². The highest BCUT2D eigenvalue weighted by Crippen LogP contribution is 2.35. The summed E-state index contributed by atoms with van der Waals surface area (Å²) >= 11 is 3.60. The van der Waals surface area contributed by atoms with Crippen molar-refractivity contribution in [3.05, 3.63) is 34.3 Å². The van der Waals surface area contributed by atoms with E-state index < -0.39 is 17.1 Å². The Morgan fingerprint density at radius 3 is 2.42 bits per heavy atom. The lowest BCUT2D eigenvalue weighted by molar-refractivity contribution is 0.119. The van der Waals surface area contributed by atoms with Crippen molar-refractivity contribution in [2.45, 2.75) is 44.4 Å². The molecule has 2 rings (SSSR count). The van der Waals surface area contributed by atoms with E-state index in [9.17, 15) is 9.00 Å². The Morgan fingerprint density at radius 1 is 1.33 bits per heavy atom. The number of hydrogen-bond donors (Lipinski definition) is 2. The molecule has 0 spiro atoms. The molecular weight excluding hydrogens is 392 g/mol. The molecule has 7 heteroatoms. The van der Waals surface area contributed by atoms with Gasteiger partial charge in [-0.1, -0.05) is 34.1 Å². The summed E-state index contributed by atoms with van der Waals surface area (Å²) in [5.41, 5.74) is 1.07. The van der Waals surface area contributed by atoms with Gasteiger partial charge < -0.3 is 10.0 Å².